The maximum Gasteiger partial charge on any atom is 0.258 e. The average molecular weight is 278 g/mol. The fourth-order valence-corrected chi connectivity index (χ4v) is 1.99. The number of ether oxygens (including phenoxy) is 1. The molecule has 1 aromatic carbocycles. The van der Waals surface area contributed by atoms with Crippen LogP contribution in [-0.4, -0.2) is 24.6 Å². The Bertz CT molecular complexity index is 434. The predicted octanol–water partition coefficient (Wildman–Crippen LogP) is 2.32. The van der Waals surface area contributed by atoms with Crippen LogP contribution in [0.3, 0.4) is 0 Å². The molecule has 0 heterocycles. The van der Waals surface area contributed by atoms with Crippen molar-refractivity contribution < 1.29 is 9.53 Å². The van der Waals surface area contributed by atoms with Crippen molar-refractivity contribution in [3.63, 3.8) is 0 Å². The van der Waals surface area contributed by atoms with Gasteiger partial charge in [-0.25, -0.2) is 0 Å². The summed E-state index contributed by atoms with van der Waals surface area (Å²) >= 11 is 0. The summed E-state index contributed by atoms with van der Waals surface area (Å²) in [7, 11) is 0. The summed E-state index contributed by atoms with van der Waals surface area (Å²) in [5.41, 5.74) is 7.89. The Morgan fingerprint density at radius 1 is 1.25 bits per heavy atom. The molecule has 0 radical (unpaired) electrons. The molecule has 1 amide bonds. The second-order valence-electron chi connectivity index (χ2n) is 5.36. The lowest BCUT2D eigenvalue weighted by Crippen LogP contribution is -2.50. The number of hydrogen-bond donors (Lipinski definition) is 2. The third-order valence-corrected chi connectivity index (χ3v) is 3.80. The molecule has 0 bridgehead atoms. The molecule has 0 unspecified atom stereocenters. The Morgan fingerprint density at radius 3 is 2.30 bits per heavy atom. The predicted molar refractivity (Wildman–Crippen MR) is 81.9 cm³/mol. The molecule has 0 spiro atoms. The van der Waals surface area contributed by atoms with E-state index >= 15 is 0 Å². The van der Waals surface area contributed by atoms with E-state index in [0.717, 1.165) is 29.7 Å². The summed E-state index contributed by atoms with van der Waals surface area (Å²) in [6.07, 6.45) is 1.67. The van der Waals surface area contributed by atoms with Gasteiger partial charge in [0.25, 0.3) is 5.91 Å². The highest BCUT2D eigenvalue weighted by Gasteiger charge is 2.20. The lowest BCUT2D eigenvalue weighted by molar-refractivity contribution is -0.123. The van der Waals surface area contributed by atoms with E-state index in [-0.39, 0.29) is 18.1 Å². The van der Waals surface area contributed by atoms with E-state index in [1.165, 1.54) is 0 Å². The van der Waals surface area contributed by atoms with Crippen molar-refractivity contribution in [3.05, 3.63) is 29.3 Å². The van der Waals surface area contributed by atoms with E-state index < -0.39 is 0 Å². The molecule has 0 aliphatic heterocycles. The number of carbonyl (C=O) groups excluding carboxylic acids is 1. The molecule has 112 valence electrons. The lowest BCUT2D eigenvalue weighted by Gasteiger charge is -2.26. The Balaban J connectivity index is 2.48. The van der Waals surface area contributed by atoms with Gasteiger partial charge in [0, 0.05) is 12.1 Å². The monoisotopic (exact) mass is 278 g/mol. The van der Waals surface area contributed by atoms with Gasteiger partial charge in [-0.15, -0.1) is 0 Å². The third-order valence-electron chi connectivity index (χ3n) is 3.80. The van der Waals surface area contributed by atoms with E-state index in [4.69, 9.17) is 10.5 Å². The van der Waals surface area contributed by atoms with Gasteiger partial charge in [0.15, 0.2) is 6.61 Å². The van der Waals surface area contributed by atoms with Crippen LogP contribution in [0.5, 0.6) is 5.75 Å². The summed E-state index contributed by atoms with van der Waals surface area (Å²) in [6.45, 7) is 8.51. The lowest BCUT2D eigenvalue weighted by atomic mass is 9.94. The van der Waals surface area contributed by atoms with Crippen LogP contribution < -0.4 is 15.8 Å². The van der Waals surface area contributed by atoms with Gasteiger partial charge < -0.3 is 15.8 Å². The largest absolute Gasteiger partial charge is 0.483 e. The number of amides is 1. The highest BCUT2D eigenvalue weighted by atomic mass is 16.5. The molecule has 0 atom stereocenters. The minimum atomic E-state index is -0.325. The highest BCUT2D eigenvalue weighted by molar-refractivity contribution is 5.77. The zero-order valence-corrected chi connectivity index (χ0v) is 13.0. The molecule has 0 saturated heterocycles. The molecule has 0 saturated carbocycles. The van der Waals surface area contributed by atoms with Crippen LogP contribution in [0.25, 0.3) is 0 Å². The number of benzene rings is 1. The number of aryl methyl sites for hydroxylation is 2. The second kappa shape index (κ2) is 7.29. The molecule has 0 aromatic heterocycles. The fourth-order valence-electron chi connectivity index (χ4n) is 1.99. The van der Waals surface area contributed by atoms with Crippen LogP contribution in [0, 0.1) is 13.8 Å². The SMILES string of the molecule is CCC(N)(CC)CNC(=O)COc1c(C)cccc1C. The first-order chi connectivity index (χ1) is 9.41. The van der Waals surface area contributed by atoms with E-state index in [9.17, 15) is 4.79 Å². The number of nitrogens with two attached hydrogens (primary N) is 1. The van der Waals surface area contributed by atoms with Crippen LogP contribution in [0.2, 0.25) is 0 Å². The van der Waals surface area contributed by atoms with Crippen molar-refractivity contribution in [2.45, 2.75) is 46.1 Å². The minimum absolute atomic E-state index is 0.0230. The fraction of sp³-hybridized carbons (Fsp3) is 0.562. The van der Waals surface area contributed by atoms with Crippen molar-refractivity contribution in [2.24, 2.45) is 5.73 Å². The van der Waals surface area contributed by atoms with Crippen LogP contribution in [0.1, 0.15) is 37.8 Å². The van der Waals surface area contributed by atoms with Gasteiger partial charge in [-0.3, -0.25) is 4.79 Å². The normalized spacial score (nSPS) is 11.2. The maximum absolute atomic E-state index is 11.8. The molecular formula is C16H26N2O2. The molecular weight excluding hydrogens is 252 g/mol. The minimum Gasteiger partial charge on any atom is -0.483 e. The zero-order valence-electron chi connectivity index (χ0n) is 13.0. The number of hydrogen-bond acceptors (Lipinski definition) is 3. The molecule has 1 rings (SSSR count). The first kappa shape index (κ1) is 16.5. The molecule has 1 aromatic rings. The second-order valence-corrected chi connectivity index (χ2v) is 5.36. The molecule has 0 aliphatic carbocycles. The van der Waals surface area contributed by atoms with Gasteiger partial charge in [0.1, 0.15) is 5.75 Å². The van der Waals surface area contributed by atoms with Crippen LogP contribution in [0.15, 0.2) is 18.2 Å². The summed E-state index contributed by atoms with van der Waals surface area (Å²) < 4.78 is 5.61. The van der Waals surface area contributed by atoms with Gasteiger partial charge >= 0.3 is 0 Å². The van der Waals surface area contributed by atoms with Gasteiger partial charge in [0.2, 0.25) is 0 Å². The van der Waals surface area contributed by atoms with Crippen molar-refractivity contribution in [3.8, 4) is 5.75 Å². The Hall–Kier alpha value is -1.55. The number of carbonyl (C=O) groups is 1. The summed E-state index contributed by atoms with van der Waals surface area (Å²) in [4.78, 5) is 11.8. The number of para-hydroxylation sites is 1. The maximum atomic E-state index is 11.8. The van der Waals surface area contributed by atoms with E-state index in [1.54, 1.807) is 0 Å². The van der Waals surface area contributed by atoms with Gasteiger partial charge in [-0.05, 0) is 37.8 Å². The van der Waals surface area contributed by atoms with Crippen molar-refractivity contribution >= 4 is 5.91 Å². The van der Waals surface area contributed by atoms with Crippen LogP contribution >= 0.6 is 0 Å². The molecule has 4 heteroatoms. The Labute approximate surface area is 121 Å². The number of nitrogens with one attached hydrogen (secondary N) is 1. The van der Waals surface area contributed by atoms with Gasteiger partial charge in [-0.1, -0.05) is 32.0 Å². The van der Waals surface area contributed by atoms with E-state index in [2.05, 4.69) is 5.32 Å². The topological polar surface area (TPSA) is 64.3 Å². The van der Waals surface area contributed by atoms with Gasteiger partial charge in [-0.2, -0.15) is 0 Å². The molecule has 20 heavy (non-hydrogen) atoms. The quantitative estimate of drug-likeness (QED) is 0.804. The number of rotatable bonds is 7. The molecule has 4 nitrogen and oxygen atoms in total. The summed E-state index contributed by atoms with van der Waals surface area (Å²) in [6, 6.07) is 5.92. The molecule has 0 aliphatic rings. The van der Waals surface area contributed by atoms with Crippen LogP contribution in [-0.2, 0) is 4.79 Å². The average Bonchev–Trinajstić information content (AvgIpc) is 2.44. The van der Waals surface area contributed by atoms with Gasteiger partial charge in [0.05, 0.1) is 0 Å². The standard InChI is InChI=1S/C16H26N2O2/c1-5-16(17,6-2)11-18-14(19)10-20-15-12(3)8-7-9-13(15)4/h7-9H,5-6,10-11,17H2,1-4H3,(H,18,19). The van der Waals surface area contributed by atoms with E-state index in [1.807, 2.05) is 45.9 Å². The highest BCUT2D eigenvalue weighted by Crippen LogP contribution is 2.22. The Kier molecular flexibility index (Phi) is 6.02. The zero-order chi connectivity index (χ0) is 15.2. The smallest absolute Gasteiger partial charge is 0.258 e. The van der Waals surface area contributed by atoms with Crippen molar-refractivity contribution in [1.82, 2.24) is 5.32 Å². The Morgan fingerprint density at radius 2 is 1.80 bits per heavy atom. The third kappa shape index (κ3) is 4.53. The van der Waals surface area contributed by atoms with Crippen molar-refractivity contribution in [2.75, 3.05) is 13.2 Å². The summed E-state index contributed by atoms with van der Waals surface area (Å²) in [5, 5.41) is 2.85. The summed E-state index contributed by atoms with van der Waals surface area (Å²) in [5.74, 6) is 0.650. The van der Waals surface area contributed by atoms with Crippen LogP contribution in [0.4, 0.5) is 0 Å². The van der Waals surface area contributed by atoms with Crippen molar-refractivity contribution in [1.29, 1.82) is 0 Å². The first-order valence-electron chi connectivity index (χ1n) is 7.16. The first-order valence-corrected chi connectivity index (χ1v) is 7.16. The molecule has 0 fully saturated rings. The van der Waals surface area contributed by atoms with E-state index in [0.29, 0.717) is 6.54 Å². The molecule has 3 N–H and O–H groups in total.